The molecule has 0 fully saturated rings. The normalized spacial score (nSPS) is 12.1. The van der Waals surface area contributed by atoms with Crippen molar-refractivity contribution in [2.45, 2.75) is 19.0 Å². The standard InChI is InChI=1S/C26H26ClN3O4/c1-30-15-23(25(33)29-12-17-7-9-20(27)10-8-17)24(32)22-11-21(34-26(22)30)14-28-13-19(16-31)18-5-3-2-4-6-18/h2-11,15,19,28,31H,12-14,16H2,1H3,(H,29,33). The Morgan fingerprint density at radius 1 is 1.12 bits per heavy atom. The van der Waals surface area contributed by atoms with Crippen molar-refractivity contribution in [1.82, 2.24) is 15.2 Å². The Hall–Kier alpha value is -3.39. The van der Waals surface area contributed by atoms with Gasteiger partial charge in [0.1, 0.15) is 11.3 Å². The number of amides is 1. The maximum atomic E-state index is 13.0. The minimum Gasteiger partial charge on any atom is -0.443 e. The average molecular weight is 480 g/mol. The molecular formula is C26H26ClN3O4. The van der Waals surface area contributed by atoms with Crippen molar-refractivity contribution in [1.29, 1.82) is 0 Å². The predicted molar refractivity (Wildman–Crippen MR) is 132 cm³/mol. The first kappa shape index (κ1) is 23.8. The molecule has 8 heteroatoms. The number of carbonyl (C=O) groups excluding carboxylic acids is 1. The lowest BCUT2D eigenvalue weighted by Gasteiger charge is -2.14. The van der Waals surface area contributed by atoms with Gasteiger partial charge >= 0.3 is 0 Å². The molecule has 1 atom stereocenters. The molecule has 0 aliphatic heterocycles. The van der Waals surface area contributed by atoms with E-state index in [1.54, 1.807) is 29.8 Å². The fourth-order valence-electron chi connectivity index (χ4n) is 3.82. The van der Waals surface area contributed by atoms with Gasteiger partial charge in [-0.1, -0.05) is 54.1 Å². The lowest BCUT2D eigenvalue weighted by molar-refractivity contribution is 0.0949. The topological polar surface area (TPSA) is 96.5 Å². The predicted octanol–water partition coefficient (Wildman–Crippen LogP) is 3.58. The molecule has 176 valence electrons. The van der Waals surface area contributed by atoms with Crippen LogP contribution < -0.4 is 16.1 Å². The van der Waals surface area contributed by atoms with Crippen LogP contribution in [0.1, 0.15) is 33.2 Å². The van der Waals surface area contributed by atoms with Gasteiger partial charge in [0, 0.05) is 37.3 Å². The molecule has 0 aliphatic carbocycles. The van der Waals surface area contributed by atoms with Crippen LogP contribution >= 0.6 is 11.6 Å². The van der Waals surface area contributed by atoms with Crippen LogP contribution in [0.3, 0.4) is 0 Å². The van der Waals surface area contributed by atoms with Crippen LogP contribution in [-0.2, 0) is 20.1 Å². The van der Waals surface area contributed by atoms with E-state index >= 15 is 0 Å². The zero-order valence-electron chi connectivity index (χ0n) is 18.8. The summed E-state index contributed by atoms with van der Waals surface area (Å²) in [5.74, 6) is 0.0749. The van der Waals surface area contributed by atoms with Gasteiger partial charge in [-0.25, -0.2) is 0 Å². The number of nitrogens with one attached hydrogen (secondary N) is 2. The van der Waals surface area contributed by atoms with Crippen molar-refractivity contribution in [2.75, 3.05) is 13.2 Å². The molecule has 2 aromatic carbocycles. The average Bonchev–Trinajstić information content (AvgIpc) is 3.29. The molecule has 34 heavy (non-hydrogen) atoms. The van der Waals surface area contributed by atoms with Crippen LogP contribution in [0.4, 0.5) is 0 Å². The lowest BCUT2D eigenvalue weighted by Crippen LogP contribution is -2.29. The zero-order valence-corrected chi connectivity index (χ0v) is 19.5. The monoisotopic (exact) mass is 479 g/mol. The molecule has 2 heterocycles. The van der Waals surface area contributed by atoms with Gasteiger partial charge in [-0.3, -0.25) is 9.59 Å². The summed E-state index contributed by atoms with van der Waals surface area (Å²) in [6.45, 7) is 1.23. The number of pyridine rings is 1. The number of benzene rings is 2. The van der Waals surface area contributed by atoms with Crippen molar-refractivity contribution >= 4 is 28.6 Å². The molecule has 0 radical (unpaired) electrons. The number of nitrogens with zero attached hydrogens (tertiary/aromatic N) is 1. The van der Waals surface area contributed by atoms with E-state index in [2.05, 4.69) is 10.6 Å². The van der Waals surface area contributed by atoms with E-state index in [0.717, 1.165) is 11.1 Å². The molecule has 0 bridgehead atoms. The summed E-state index contributed by atoms with van der Waals surface area (Å²) in [5.41, 5.74) is 1.99. The van der Waals surface area contributed by atoms with Crippen molar-refractivity contribution in [3.63, 3.8) is 0 Å². The molecule has 0 saturated heterocycles. The Bertz CT molecular complexity index is 1330. The van der Waals surface area contributed by atoms with Crippen molar-refractivity contribution in [3.8, 4) is 0 Å². The fourth-order valence-corrected chi connectivity index (χ4v) is 3.95. The van der Waals surface area contributed by atoms with Crippen molar-refractivity contribution in [3.05, 3.63) is 105 Å². The molecule has 0 aliphatic rings. The fraction of sp³-hybridized carbons (Fsp3) is 0.231. The SMILES string of the molecule is Cn1cc(C(=O)NCc2ccc(Cl)cc2)c(=O)c2cc(CNCC(CO)c3ccccc3)oc21. The van der Waals surface area contributed by atoms with Crippen LogP contribution in [0, 0.1) is 0 Å². The van der Waals surface area contributed by atoms with Crippen LogP contribution in [-0.4, -0.2) is 28.7 Å². The van der Waals surface area contributed by atoms with E-state index < -0.39 is 5.91 Å². The Labute approximate surface area is 202 Å². The van der Waals surface area contributed by atoms with Crippen LogP contribution in [0.25, 0.3) is 11.1 Å². The number of aliphatic hydroxyl groups excluding tert-OH is 1. The van der Waals surface area contributed by atoms with E-state index in [1.807, 2.05) is 42.5 Å². The Kier molecular flexibility index (Phi) is 7.47. The molecule has 1 amide bonds. The van der Waals surface area contributed by atoms with Crippen LogP contribution in [0.15, 0.2) is 76.1 Å². The van der Waals surface area contributed by atoms with Gasteiger partial charge in [0.25, 0.3) is 5.91 Å². The number of halogens is 1. The molecule has 0 saturated carbocycles. The number of aromatic nitrogens is 1. The molecule has 4 aromatic rings. The number of carbonyl (C=O) groups is 1. The molecule has 7 nitrogen and oxygen atoms in total. The second kappa shape index (κ2) is 10.7. The van der Waals surface area contributed by atoms with Gasteiger partial charge in [0.15, 0.2) is 0 Å². The van der Waals surface area contributed by atoms with E-state index in [-0.39, 0.29) is 30.1 Å². The molecular weight excluding hydrogens is 454 g/mol. The van der Waals surface area contributed by atoms with E-state index in [0.29, 0.717) is 35.0 Å². The van der Waals surface area contributed by atoms with Gasteiger partial charge in [-0.05, 0) is 29.3 Å². The summed E-state index contributed by atoms with van der Waals surface area (Å²) in [6, 6.07) is 18.6. The zero-order chi connectivity index (χ0) is 24.1. The number of hydrogen-bond donors (Lipinski definition) is 3. The van der Waals surface area contributed by atoms with Gasteiger partial charge in [-0.2, -0.15) is 0 Å². The summed E-state index contributed by atoms with van der Waals surface area (Å²) in [4.78, 5) is 25.7. The highest BCUT2D eigenvalue weighted by molar-refractivity contribution is 6.30. The van der Waals surface area contributed by atoms with Crippen molar-refractivity contribution < 1.29 is 14.3 Å². The van der Waals surface area contributed by atoms with Gasteiger partial charge in [0.2, 0.25) is 11.1 Å². The second-order valence-electron chi connectivity index (χ2n) is 8.14. The summed E-state index contributed by atoms with van der Waals surface area (Å²) in [5, 5.41) is 16.7. The van der Waals surface area contributed by atoms with E-state index in [1.165, 1.54) is 6.20 Å². The quantitative estimate of drug-likeness (QED) is 0.341. The first-order valence-corrected chi connectivity index (χ1v) is 11.3. The van der Waals surface area contributed by atoms with Gasteiger partial charge in [-0.15, -0.1) is 0 Å². The van der Waals surface area contributed by atoms with Gasteiger partial charge in [0.05, 0.1) is 18.5 Å². The van der Waals surface area contributed by atoms with Crippen molar-refractivity contribution in [2.24, 2.45) is 7.05 Å². The summed E-state index contributed by atoms with van der Waals surface area (Å²) in [7, 11) is 1.73. The number of rotatable bonds is 9. The second-order valence-corrected chi connectivity index (χ2v) is 8.58. The number of aryl methyl sites for hydroxylation is 1. The number of aliphatic hydroxyl groups is 1. The van der Waals surface area contributed by atoms with E-state index in [4.69, 9.17) is 16.0 Å². The highest BCUT2D eigenvalue weighted by Gasteiger charge is 2.18. The third-order valence-electron chi connectivity index (χ3n) is 5.69. The highest BCUT2D eigenvalue weighted by Crippen LogP contribution is 2.18. The summed E-state index contributed by atoms with van der Waals surface area (Å²) < 4.78 is 7.51. The highest BCUT2D eigenvalue weighted by atomic mass is 35.5. The van der Waals surface area contributed by atoms with Gasteiger partial charge < -0.3 is 24.7 Å². The summed E-state index contributed by atoms with van der Waals surface area (Å²) in [6.07, 6.45) is 1.49. The lowest BCUT2D eigenvalue weighted by atomic mass is 10.0. The smallest absolute Gasteiger partial charge is 0.257 e. The minimum atomic E-state index is -0.452. The Balaban J connectivity index is 1.45. The minimum absolute atomic E-state index is 0.0192. The Morgan fingerprint density at radius 3 is 2.56 bits per heavy atom. The number of fused-ring (bicyclic) bond motifs is 1. The number of furan rings is 1. The molecule has 4 rings (SSSR count). The third-order valence-corrected chi connectivity index (χ3v) is 5.94. The molecule has 1 unspecified atom stereocenters. The molecule has 3 N–H and O–H groups in total. The third kappa shape index (κ3) is 5.39. The molecule has 2 aromatic heterocycles. The molecule has 0 spiro atoms. The van der Waals surface area contributed by atoms with Crippen LogP contribution in [0.5, 0.6) is 0 Å². The first-order chi connectivity index (χ1) is 16.5. The van der Waals surface area contributed by atoms with Crippen LogP contribution in [0.2, 0.25) is 5.02 Å². The Morgan fingerprint density at radius 2 is 1.85 bits per heavy atom. The maximum Gasteiger partial charge on any atom is 0.257 e. The number of hydrogen-bond acceptors (Lipinski definition) is 5. The maximum absolute atomic E-state index is 13.0. The largest absolute Gasteiger partial charge is 0.443 e. The summed E-state index contributed by atoms with van der Waals surface area (Å²) >= 11 is 5.89. The first-order valence-electron chi connectivity index (χ1n) is 11.0. The van der Waals surface area contributed by atoms with E-state index in [9.17, 15) is 14.7 Å².